The Morgan fingerprint density at radius 3 is 2.92 bits per heavy atom. The summed E-state index contributed by atoms with van der Waals surface area (Å²) in [6, 6.07) is 2.48. The van der Waals surface area contributed by atoms with Crippen molar-refractivity contribution in [1.29, 1.82) is 5.26 Å². The summed E-state index contributed by atoms with van der Waals surface area (Å²) in [6.45, 7) is 1.04. The van der Waals surface area contributed by atoms with E-state index in [2.05, 4.69) is 5.32 Å². The predicted molar refractivity (Wildman–Crippen MR) is 48.9 cm³/mol. The lowest BCUT2D eigenvalue weighted by atomic mass is 10.3. The minimum absolute atomic E-state index is 0.104. The van der Waals surface area contributed by atoms with Crippen LogP contribution in [0.15, 0.2) is 0 Å². The van der Waals surface area contributed by atoms with Gasteiger partial charge < -0.3 is 5.32 Å². The Morgan fingerprint density at radius 2 is 2.38 bits per heavy atom. The molecule has 1 N–H and O–H groups in total. The van der Waals surface area contributed by atoms with E-state index in [4.69, 9.17) is 5.26 Å². The minimum Gasteiger partial charge on any atom is -0.353 e. The molecule has 1 rings (SSSR count). The Morgan fingerprint density at radius 1 is 1.69 bits per heavy atom. The molecule has 0 radical (unpaired) electrons. The number of nitrogens with one attached hydrogen (secondary N) is 1. The zero-order valence-electron chi connectivity index (χ0n) is 7.92. The van der Waals surface area contributed by atoms with E-state index in [1.807, 2.05) is 18.0 Å². The molecule has 1 fully saturated rings. The third-order valence-electron chi connectivity index (χ3n) is 2.00. The van der Waals surface area contributed by atoms with Crippen LogP contribution in [0.4, 0.5) is 0 Å². The molecule has 0 heterocycles. The van der Waals surface area contributed by atoms with Gasteiger partial charge in [-0.3, -0.25) is 9.69 Å². The first kappa shape index (κ1) is 10.0. The molecule has 0 aliphatic heterocycles. The van der Waals surface area contributed by atoms with E-state index in [0.717, 1.165) is 12.8 Å². The van der Waals surface area contributed by atoms with Crippen molar-refractivity contribution in [2.24, 2.45) is 0 Å². The summed E-state index contributed by atoms with van der Waals surface area (Å²) in [7, 11) is 1.84. The first-order valence-electron chi connectivity index (χ1n) is 4.57. The molecule has 0 unspecified atom stereocenters. The highest BCUT2D eigenvalue weighted by atomic mass is 16.1. The van der Waals surface area contributed by atoms with E-state index in [1.165, 1.54) is 0 Å². The molecule has 0 aromatic carbocycles. The molecule has 1 saturated carbocycles. The fraction of sp³-hybridized carbons (Fsp3) is 0.778. The molecule has 0 spiro atoms. The fourth-order valence-electron chi connectivity index (χ4n) is 1.02. The summed E-state index contributed by atoms with van der Waals surface area (Å²) in [5.41, 5.74) is 0. The lowest BCUT2D eigenvalue weighted by molar-refractivity contribution is -0.121. The van der Waals surface area contributed by atoms with Gasteiger partial charge in [0, 0.05) is 19.0 Å². The van der Waals surface area contributed by atoms with Crippen molar-refractivity contribution in [1.82, 2.24) is 10.2 Å². The van der Waals surface area contributed by atoms with E-state index in [0.29, 0.717) is 25.6 Å². The number of amides is 1. The number of hydrogen-bond acceptors (Lipinski definition) is 3. The van der Waals surface area contributed by atoms with Gasteiger partial charge in [-0.05, 0) is 19.9 Å². The smallest absolute Gasteiger partial charge is 0.221 e. The van der Waals surface area contributed by atoms with Crippen LogP contribution in [0.2, 0.25) is 0 Å². The molecule has 0 aromatic heterocycles. The molecule has 0 aromatic rings. The number of carbonyl (C=O) groups excluding carboxylic acids is 1. The van der Waals surface area contributed by atoms with Crippen LogP contribution in [0.5, 0.6) is 0 Å². The summed E-state index contributed by atoms with van der Waals surface area (Å²) < 4.78 is 0. The summed E-state index contributed by atoms with van der Waals surface area (Å²) in [5.74, 6) is 0.104. The van der Waals surface area contributed by atoms with E-state index >= 15 is 0 Å². The molecule has 1 aliphatic carbocycles. The molecule has 0 atom stereocenters. The van der Waals surface area contributed by atoms with Gasteiger partial charge in [0.1, 0.15) is 0 Å². The molecule has 72 valence electrons. The molecule has 1 aliphatic rings. The predicted octanol–water partition coefficient (Wildman–Crippen LogP) is 0.110. The van der Waals surface area contributed by atoms with Gasteiger partial charge in [-0.1, -0.05) is 0 Å². The average molecular weight is 181 g/mol. The summed E-state index contributed by atoms with van der Waals surface area (Å²) in [6.07, 6.45) is 2.74. The topological polar surface area (TPSA) is 56.1 Å². The third kappa shape index (κ3) is 4.48. The molecule has 0 saturated heterocycles. The van der Waals surface area contributed by atoms with Crippen LogP contribution >= 0.6 is 0 Å². The maximum absolute atomic E-state index is 11.2. The Labute approximate surface area is 78.5 Å². The van der Waals surface area contributed by atoms with Gasteiger partial charge in [0.05, 0.1) is 12.6 Å². The van der Waals surface area contributed by atoms with E-state index in [-0.39, 0.29) is 5.91 Å². The Hall–Kier alpha value is -1.08. The van der Waals surface area contributed by atoms with E-state index in [1.54, 1.807) is 0 Å². The highest BCUT2D eigenvalue weighted by Crippen LogP contribution is 2.18. The molecule has 4 heteroatoms. The minimum atomic E-state index is 0.104. The normalized spacial score (nSPS) is 15.5. The van der Waals surface area contributed by atoms with Gasteiger partial charge in [-0.15, -0.1) is 0 Å². The van der Waals surface area contributed by atoms with Crippen molar-refractivity contribution >= 4 is 5.91 Å². The van der Waals surface area contributed by atoms with Gasteiger partial charge in [0.25, 0.3) is 0 Å². The zero-order chi connectivity index (χ0) is 9.68. The second-order valence-electron chi connectivity index (χ2n) is 3.49. The van der Waals surface area contributed by atoms with E-state index < -0.39 is 0 Å². The SMILES string of the molecule is CN(CC#N)CCC(=O)NC1CC1. The van der Waals surface area contributed by atoms with Gasteiger partial charge in [-0.25, -0.2) is 0 Å². The quantitative estimate of drug-likeness (QED) is 0.612. The first-order chi connectivity index (χ1) is 6.22. The van der Waals surface area contributed by atoms with Crippen molar-refractivity contribution < 1.29 is 4.79 Å². The molecule has 13 heavy (non-hydrogen) atoms. The summed E-state index contributed by atoms with van der Waals surface area (Å²) in [4.78, 5) is 13.0. The molecule has 4 nitrogen and oxygen atoms in total. The van der Waals surface area contributed by atoms with Crippen molar-refractivity contribution in [2.45, 2.75) is 25.3 Å². The zero-order valence-corrected chi connectivity index (χ0v) is 7.92. The molecule has 0 bridgehead atoms. The molecular formula is C9H15N3O. The highest BCUT2D eigenvalue weighted by molar-refractivity contribution is 5.76. The van der Waals surface area contributed by atoms with E-state index in [9.17, 15) is 4.79 Å². The number of hydrogen-bond donors (Lipinski definition) is 1. The lowest BCUT2D eigenvalue weighted by Gasteiger charge is -2.11. The summed E-state index contributed by atoms with van der Waals surface area (Å²) >= 11 is 0. The van der Waals surface area contributed by atoms with Gasteiger partial charge in [-0.2, -0.15) is 5.26 Å². The van der Waals surface area contributed by atoms with Crippen LogP contribution in [0.1, 0.15) is 19.3 Å². The second kappa shape index (κ2) is 4.83. The van der Waals surface area contributed by atoms with Crippen molar-refractivity contribution in [2.75, 3.05) is 20.1 Å². The van der Waals surface area contributed by atoms with Crippen molar-refractivity contribution in [3.05, 3.63) is 0 Å². The standard InChI is InChI=1S/C9H15N3O/c1-12(7-5-10)6-4-9(13)11-8-2-3-8/h8H,2-4,6-7H2,1H3,(H,11,13). The monoisotopic (exact) mass is 181 g/mol. The highest BCUT2D eigenvalue weighted by Gasteiger charge is 2.22. The molecular weight excluding hydrogens is 166 g/mol. The second-order valence-corrected chi connectivity index (χ2v) is 3.49. The van der Waals surface area contributed by atoms with Gasteiger partial charge in [0.2, 0.25) is 5.91 Å². The van der Waals surface area contributed by atoms with Crippen molar-refractivity contribution in [3.8, 4) is 6.07 Å². The lowest BCUT2D eigenvalue weighted by Crippen LogP contribution is -2.30. The Balaban J connectivity index is 2.03. The summed E-state index contributed by atoms with van der Waals surface area (Å²) in [5, 5.41) is 11.3. The van der Waals surface area contributed by atoms with Crippen LogP contribution in [0, 0.1) is 11.3 Å². The number of nitrogens with zero attached hydrogens (tertiary/aromatic N) is 2. The third-order valence-corrected chi connectivity index (χ3v) is 2.00. The number of nitriles is 1. The van der Waals surface area contributed by atoms with Crippen LogP contribution in [-0.2, 0) is 4.79 Å². The number of rotatable bonds is 5. The van der Waals surface area contributed by atoms with Gasteiger partial charge >= 0.3 is 0 Å². The average Bonchev–Trinajstić information content (AvgIpc) is 2.85. The van der Waals surface area contributed by atoms with Crippen LogP contribution < -0.4 is 5.32 Å². The number of carbonyl (C=O) groups is 1. The first-order valence-corrected chi connectivity index (χ1v) is 4.57. The van der Waals surface area contributed by atoms with Gasteiger partial charge in [0.15, 0.2) is 0 Å². The maximum atomic E-state index is 11.2. The largest absolute Gasteiger partial charge is 0.353 e. The van der Waals surface area contributed by atoms with Crippen LogP contribution in [0.25, 0.3) is 0 Å². The van der Waals surface area contributed by atoms with Crippen LogP contribution in [-0.4, -0.2) is 37.0 Å². The molecule has 1 amide bonds. The Kier molecular flexibility index (Phi) is 3.71. The van der Waals surface area contributed by atoms with Crippen LogP contribution in [0.3, 0.4) is 0 Å². The maximum Gasteiger partial charge on any atom is 0.221 e. The fourth-order valence-corrected chi connectivity index (χ4v) is 1.02. The van der Waals surface area contributed by atoms with Crippen molar-refractivity contribution in [3.63, 3.8) is 0 Å². The Bertz CT molecular complexity index is 217.